The van der Waals surface area contributed by atoms with Crippen LogP contribution in [0.15, 0.2) is 41.3 Å². The Morgan fingerprint density at radius 2 is 1.71 bits per heavy atom. The lowest BCUT2D eigenvalue weighted by Gasteiger charge is -2.36. The predicted molar refractivity (Wildman–Crippen MR) is 125 cm³/mol. The minimum atomic E-state index is -4.26. The molecule has 0 radical (unpaired) electrons. The first-order valence-electron chi connectivity index (χ1n) is 10.3. The van der Waals surface area contributed by atoms with Crippen molar-refractivity contribution in [2.45, 2.75) is 44.0 Å². The van der Waals surface area contributed by atoms with Crippen molar-refractivity contribution in [3.05, 3.63) is 57.8 Å². The molecule has 0 saturated carbocycles. The van der Waals surface area contributed by atoms with E-state index in [-0.39, 0.29) is 33.5 Å². The molecular formula is C22H23Cl2FN2O6S. The number of hydrogen-bond donors (Lipinski definition) is 1. The molecule has 2 aromatic rings. The summed E-state index contributed by atoms with van der Waals surface area (Å²) in [5.74, 6) is -1.94. The van der Waals surface area contributed by atoms with E-state index in [1.807, 2.05) is 13.8 Å². The van der Waals surface area contributed by atoms with Gasteiger partial charge in [-0.3, -0.25) is 9.52 Å². The van der Waals surface area contributed by atoms with E-state index in [2.05, 4.69) is 4.72 Å². The third-order valence-corrected chi connectivity index (χ3v) is 7.15. The van der Waals surface area contributed by atoms with E-state index in [1.165, 1.54) is 19.1 Å². The maximum absolute atomic E-state index is 13.1. The van der Waals surface area contributed by atoms with Gasteiger partial charge in [0.1, 0.15) is 10.7 Å². The summed E-state index contributed by atoms with van der Waals surface area (Å²) in [6.45, 7) is 5.79. The Morgan fingerprint density at radius 3 is 2.29 bits per heavy atom. The van der Waals surface area contributed by atoms with E-state index in [0.717, 1.165) is 24.3 Å². The highest BCUT2D eigenvalue weighted by molar-refractivity contribution is 7.92. The van der Waals surface area contributed by atoms with Gasteiger partial charge >= 0.3 is 5.97 Å². The molecule has 1 fully saturated rings. The van der Waals surface area contributed by atoms with Gasteiger partial charge in [0.15, 0.2) is 6.10 Å². The summed E-state index contributed by atoms with van der Waals surface area (Å²) in [7, 11) is -4.26. The summed E-state index contributed by atoms with van der Waals surface area (Å²) < 4.78 is 51.9. The van der Waals surface area contributed by atoms with Crippen molar-refractivity contribution < 1.29 is 31.9 Å². The number of carbonyl (C=O) groups is 2. The lowest BCUT2D eigenvalue weighted by Crippen LogP contribution is -2.51. The van der Waals surface area contributed by atoms with E-state index in [1.54, 1.807) is 4.90 Å². The van der Waals surface area contributed by atoms with Gasteiger partial charge in [0.2, 0.25) is 0 Å². The first-order valence-corrected chi connectivity index (χ1v) is 12.5. The molecule has 0 unspecified atom stereocenters. The summed E-state index contributed by atoms with van der Waals surface area (Å²) in [6.07, 6.45) is -1.47. The smallest absolute Gasteiger partial charge is 0.340 e. The Labute approximate surface area is 207 Å². The molecule has 2 aromatic carbocycles. The molecular weight excluding hydrogens is 510 g/mol. The second kappa shape index (κ2) is 10.5. The number of sulfonamides is 1. The van der Waals surface area contributed by atoms with E-state index in [9.17, 15) is 22.4 Å². The number of halogens is 3. The van der Waals surface area contributed by atoms with Crippen molar-refractivity contribution in [3.63, 3.8) is 0 Å². The fraction of sp³-hybridized carbons (Fsp3) is 0.364. The van der Waals surface area contributed by atoms with Crippen LogP contribution in [0.4, 0.5) is 10.1 Å². The zero-order valence-electron chi connectivity index (χ0n) is 18.5. The highest BCUT2D eigenvalue weighted by Gasteiger charge is 2.31. The third-order valence-electron chi connectivity index (χ3n) is 4.99. The lowest BCUT2D eigenvalue weighted by molar-refractivity contribution is -0.151. The van der Waals surface area contributed by atoms with Gasteiger partial charge in [-0.05, 0) is 57.2 Å². The van der Waals surface area contributed by atoms with Crippen molar-refractivity contribution in [1.82, 2.24) is 4.90 Å². The number of anilines is 1. The Morgan fingerprint density at radius 1 is 1.12 bits per heavy atom. The standard InChI is InChI=1S/C22H23Cl2FN2O6S/c1-12-10-27(11-13(2)32-12)21(28)14(3)33-22(29)17-8-20(19(24)9-18(17)23)34(30,31)26-16-6-4-15(25)5-7-16/h4-9,12-14,26H,10-11H2,1-3H3/t12-,13+,14-/m1/s1. The molecule has 0 aromatic heterocycles. The number of morpholine rings is 1. The zero-order valence-corrected chi connectivity index (χ0v) is 20.9. The van der Waals surface area contributed by atoms with Crippen LogP contribution in [0.25, 0.3) is 0 Å². The van der Waals surface area contributed by atoms with E-state index >= 15 is 0 Å². The third kappa shape index (κ3) is 6.18. The van der Waals surface area contributed by atoms with Crippen LogP contribution in [0, 0.1) is 5.82 Å². The number of nitrogens with zero attached hydrogens (tertiary/aromatic N) is 1. The van der Waals surface area contributed by atoms with Gasteiger partial charge in [0, 0.05) is 18.8 Å². The topological polar surface area (TPSA) is 102 Å². The second-order valence-corrected chi connectivity index (χ2v) is 10.4. The van der Waals surface area contributed by atoms with Gasteiger partial charge in [0.05, 0.1) is 27.8 Å². The molecule has 0 aliphatic carbocycles. The molecule has 1 aliphatic heterocycles. The Hall–Kier alpha value is -2.40. The summed E-state index contributed by atoms with van der Waals surface area (Å²) in [4.78, 5) is 26.6. The minimum Gasteiger partial charge on any atom is -0.449 e. The van der Waals surface area contributed by atoms with E-state index < -0.39 is 38.7 Å². The molecule has 1 amide bonds. The van der Waals surface area contributed by atoms with Gasteiger partial charge in [-0.2, -0.15) is 0 Å². The number of benzene rings is 2. The molecule has 1 heterocycles. The van der Waals surface area contributed by atoms with Gasteiger partial charge in [-0.25, -0.2) is 17.6 Å². The van der Waals surface area contributed by atoms with E-state index in [4.69, 9.17) is 32.7 Å². The van der Waals surface area contributed by atoms with Crippen molar-refractivity contribution >= 4 is 50.8 Å². The number of hydrogen-bond acceptors (Lipinski definition) is 6. The van der Waals surface area contributed by atoms with Crippen LogP contribution < -0.4 is 4.72 Å². The van der Waals surface area contributed by atoms with Crippen LogP contribution in [0.5, 0.6) is 0 Å². The molecule has 1 N–H and O–H groups in total. The molecule has 3 atom stereocenters. The van der Waals surface area contributed by atoms with Crippen molar-refractivity contribution in [2.75, 3.05) is 17.8 Å². The number of nitrogens with one attached hydrogen (secondary N) is 1. The second-order valence-electron chi connectivity index (χ2n) is 7.92. The highest BCUT2D eigenvalue weighted by atomic mass is 35.5. The van der Waals surface area contributed by atoms with Crippen LogP contribution in [0.2, 0.25) is 10.0 Å². The number of esters is 1. The van der Waals surface area contributed by atoms with Crippen LogP contribution in [-0.2, 0) is 24.3 Å². The highest BCUT2D eigenvalue weighted by Crippen LogP contribution is 2.31. The molecule has 8 nitrogen and oxygen atoms in total. The summed E-state index contributed by atoms with van der Waals surface area (Å²) in [6, 6.07) is 6.68. The molecule has 12 heteroatoms. The van der Waals surface area contributed by atoms with E-state index in [0.29, 0.717) is 13.1 Å². The fourth-order valence-electron chi connectivity index (χ4n) is 3.51. The monoisotopic (exact) mass is 532 g/mol. The van der Waals surface area contributed by atoms with Crippen LogP contribution >= 0.6 is 23.2 Å². The van der Waals surface area contributed by atoms with Gasteiger partial charge < -0.3 is 14.4 Å². The number of ether oxygens (including phenoxy) is 2. The van der Waals surface area contributed by atoms with Crippen molar-refractivity contribution in [3.8, 4) is 0 Å². The first kappa shape index (κ1) is 26.2. The summed E-state index contributed by atoms with van der Waals surface area (Å²) >= 11 is 12.2. The number of rotatable bonds is 6. The lowest BCUT2D eigenvalue weighted by atomic mass is 10.2. The van der Waals surface area contributed by atoms with Gasteiger partial charge in [-0.1, -0.05) is 23.2 Å². The Bertz CT molecular complexity index is 1180. The quantitative estimate of drug-likeness (QED) is 0.561. The minimum absolute atomic E-state index is 0.0877. The number of amides is 1. The molecule has 0 spiro atoms. The molecule has 184 valence electrons. The summed E-state index contributed by atoms with van der Waals surface area (Å²) in [5.41, 5.74) is -0.196. The average Bonchev–Trinajstić information content (AvgIpc) is 2.73. The SMILES string of the molecule is C[C@@H]1CN(C(=O)[C@@H](C)OC(=O)c2cc(S(=O)(=O)Nc3ccc(F)cc3)c(Cl)cc2Cl)C[C@H](C)O1. The van der Waals surface area contributed by atoms with Gasteiger partial charge in [-0.15, -0.1) is 0 Å². The van der Waals surface area contributed by atoms with Crippen LogP contribution in [0.1, 0.15) is 31.1 Å². The Kier molecular flexibility index (Phi) is 8.07. The largest absolute Gasteiger partial charge is 0.449 e. The van der Waals surface area contributed by atoms with Crippen LogP contribution in [0.3, 0.4) is 0 Å². The molecule has 1 saturated heterocycles. The van der Waals surface area contributed by atoms with Crippen molar-refractivity contribution in [2.24, 2.45) is 0 Å². The Balaban J connectivity index is 1.80. The molecule has 1 aliphatic rings. The first-order chi connectivity index (χ1) is 15.9. The predicted octanol–water partition coefficient (Wildman–Crippen LogP) is 4.11. The average molecular weight is 533 g/mol. The zero-order chi connectivity index (χ0) is 25.2. The molecule has 0 bridgehead atoms. The maximum atomic E-state index is 13.1. The molecule has 34 heavy (non-hydrogen) atoms. The summed E-state index contributed by atoms with van der Waals surface area (Å²) in [5, 5.41) is -0.388. The molecule has 3 rings (SSSR count). The normalized spacial score (nSPS) is 19.4. The number of carbonyl (C=O) groups excluding carboxylic acids is 2. The fourth-order valence-corrected chi connectivity index (χ4v) is 5.42. The van der Waals surface area contributed by atoms with Crippen molar-refractivity contribution in [1.29, 1.82) is 0 Å². The maximum Gasteiger partial charge on any atom is 0.340 e. The van der Waals surface area contributed by atoms with Crippen LogP contribution in [-0.4, -0.2) is 56.6 Å². The van der Waals surface area contributed by atoms with Gasteiger partial charge in [0.25, 0.3) is 15.9 Å².